The molecule has 0 aromatic heterocycles. The molecule has 0 spiro atoms. The molecule has 0 unspecified atom stereocenters. The van der Waals surface area contributed by atoms with Crippen LogP contribution in [0.25, 0.3) is 0 Å². The van der Waals surface area contributed by atoms with Crippen LogP contribution in [-0.2, 0) is 14.8 Å². The summed E-state index contributed by atoms with van der Waals surface area (Å²) in [6, 6.07) is 10.7. The zero-order chi connectivity index (χ0) is 23.3. The van der Waals surface area contributed by atoms with E-state index in [1.165, 1.54) is 49.3 Å². The van der Waals surface area contributed by atoms with Crippen molar-refractivity contribution in [2.75, 3.05) is 56.4 Å². The van der Waals surface area contributed by atoms with Gasteiger partial charge in [-0.15, -0.1) is 0 Å². The van der Waals surface area contributed by atoms with Crippen LogP contribution in [0, 0.1) is 0 Å². The molecule has 0 radical (unpaired) electrons. The number of hydrogen-bond donors (Lipinski definition) is 3. The highest BCUT2D eigenvalue weighted by molar-refractivity contribution is 7.92. The van der Waals surface area contributed by atoms with Crippen molar-refractivity contribution in [3.05, 3.63) is 53.1 Å². The SMILES string of the molecule is CNC(=O)CN(C)C(=O)c1ccc(N2CCNCC2)c(NS(=O)(=O)c2ccc(Cl)cc2)c1. The smallest absolute Gasteiger partial charge is 0.261 e. The molecule has 32 heavy (non-hydrogen) atoms. The first kappa shape index (κ1) is 23.8. The van der Waals surface area contributed by atoms with Crippen molar-refractivity contribution in [1.29, 1.82) is 0 Å². The van der Waals surface area contributed by atoms with E-state index in [2.05, 4.69) is 20.3 Å². The molecule has 2 aromatic carbocycles. The van der Waals surface area contributed by atoms with Crippen LogP contribution in [-0.4, -0.2) is 72.0 Å². The Morgan fingerprint density at radius 2 is 1.78 bits per heavy atom. The number of hydrogen-bond acceptors (Lipinski definition) is 6. The molecular formula is C21H26ClN5O4S. The van der Waals surface area contributed by atoms with Gasteiger partial charge in [0.05, 0.1) is 22.8 Å². The van der Waals surface area contributed by atoms with Gasteiger partial charge >= 0.3 is 0 Å². The molecule has 11 heteroatoms. The normalized spacial score (nSPS) is 14.0. The van der Waals surface area contributed by atoms with Gasteiger partial charge in [0, 0.05) is 50.9 Å². The highest BCUT2D eigenvalue weighted by Crippen LogP contribution is 2.30. The molecule has 0 bridgehead atoms. The molecule has 1 aliphatic heterocycles. The Balaban J connectivity index is 1.96. The van der Waals surface area contributed by atoms with Gasteiger partial charge in [0.15, 0.2) is 0 Å². The fourth-order valence-electron chi connectivity index (χ4n) is 3.34. The minimum absolute atomic E-state index is 0.0571. The lowest BCUT2D eigenvalue weighted by Crippen LogP contribution is -2.44. The zero-order valence-electron chi connectivity index (χ0n) is 17.9. The number of benzene rings is 2. The summed E-state index contributed by atoms with van der Waals surface area (Å²) >= 11 is 5.88. The minimum Gasteiger partial charge on any atom is -0.367 e. The van der Waals surface area contributed by atoms with Gasteiger partial charge in [0.25, 0.3) is 15.9 Å². The third kappa shape index (κ3) is 5.70. The number of carbonyl (C=O) groups excluding carboxylic acids is 2. The monoisotopic (exact) mass is 479 g/mol. The summed E-state index contributed by atoms with van der Waals surface area (Å²) in [4.78, 5) is 27.9. The van der Waals surface area contributed by atoms with Crippen LogP contribution in [0.5, 0.6) is 0 Å². The number of amides is 2. The van der Waals surface area contributed by atoms with E-state index in [9.17, 15) is 18.0 Å². The molecule has 1 fully saturated rings. The second kappa shape index (κ2) is 10.2. The number of likely N-dealkylation sites (N-methyl/N-ethyl adjacent to an activating group) is 2. The van der Waals surface area contributed by atoms with E-state index in [1.807, 2.05) is 0 Å². The lowest BCUT2D eigenvalue weighted by molar-refractivity contribution is -0.121. The maximum absolute atomic E-state index is 13.0. The summed E-state index contributed by atoms with van der Waals surface area (Å²) in [5.41, 5.74) is 1.24. The highest BCUT2D eigenvalue weighted by atomic mass is 35.5. The molecule has 9 nitrogen and oxygen atoms in total. The number of rotatable bonds is 7. The van der Waals surface area contributed by atoms with Crippen molar-refractivity contribution in [1.82, 2.24) is 15.5 Å². The van der Waals surface area contributed by atoms with Crippen molar-refractivity contribution in [2.45, 2.75) is 4.90 Å². The summed E-state index contributed by atoms with van der Waals surface area (Å²) in [6.07, 6.45) is 0. The van der Waals surface area contributed by atoms with Gasteiger partial charge in [0.2, 0.25) is 5.91 Å². The van der Waals surface area contributed by atoms with Gasteiger partial charge in [-0.3, -0.25) is 14.3 Å². The standard InChI is InChI=1S/C21H26ClN5O4S/c1-23-20(28)14-26(2)21(29)15-3-8-19(27-11-9-24-10-12-27)18(13-15)25-32(30,31)17-6-4-16(22)5-7-17/h3-8,13,24-25H,9-12,14H2,1-2H3,(H,23,28). The lowest BCUT2D eigenvalue weighted by Gasteiger charge is -2.31. The minimum atomic E-state index is -3.92. The third-order valence-corrected chi connectivity index (χ3v) is 6.71. The molecule has 0 aliphatic carbocycles. The van der Waals surface area contributed by atoms with E-state index < -0.39 is 15.9 Å². The number of carbonyl (C=O) groups is 2. The second-order valence-corrected chi connectivity index (χ2v) is 9.48. The summed E-state index contributed by atoms with van der Waals surface area (Å²) in [7, 11) is -0.911. The van der Waals surface area contributed by atoms with Crippen molar-refractivity contribution < 1.29 is 18.0 Å². The molecule has 172 valence electrons. The van der Waals surface area contributed by atoms with Gasteiger partial charge < -0.3 is 20.4 Å². The van der Waals surface area contributed by atoms with E-state index >= 15 is 0 Å². The predicted molar refractivity (Wildman–Crippen MR) is 125 cm³/mol. The molecule has 1 heterocycles. The van der Waals surface area contributed by atoms with Crippen LogP contribution in [0.1, 0.15) is 10.4 Å². The van der Waals surface area contributed by atoms with E-state index in [-0.39, 0.29) is 22.9 Å². The molecule has 1 aliphatic rings. The lowest BCUT2D eigenvalue weighted by atomic mass is 10.1. The summed E-state index contributed by atoms with van der Waals surface area (Å²) in [6.45, 7) is 2.80. The van der Waals surface area contributed by atoms with E-state index in [0.717, 1.165) is 13.1 Å². The maximum Gasteiger partial charge on any atom is 0.261 e. The van der Waals surface area contributed by atoms with E-state index in [0.29, 0.717) is 29.5 Å². The number of sulfonamides is 1. The first-order valence-corrected chi connectivity index (χ1v) is 11.9. The average Bonchev–Trinajstić information content (AvgIpc) is 2.79. The topological polar surface area (TPSA) is 111 Å². The molecule has 0 atom stereocenters. The Kier molecular flexibility index (Phi) is 7.60. The molecule has 3 rings (SSSR count). The van der Waals surface area contributed by atoms with Gasteiger partial charge in [-0.2, -0.15) is 0 Å². The number of anilines is 2. The van der Waals surface area contributed by atoms with Crippen molar-refractivity contribution in [3.8, 4) is 0 Å². The van der Waals surface area contributed by atoms with Crippen LogP contribution in [0.15, 0.2) is 47.4 Å². The van der Waals surface area contributed by atoms with Gasteiger partial charge in [-0.05, 0) is 42.5 Å². The molecular weight excluding hydrogens is 454 g/mol. The van der Waals surface area contributed by atoms with Gasteiger partial charge in [0.1, 0.15) is 0 Å². The number of nitrogens with one attached hydrogen (secondary N) is 3. The zero-order valence-corrected chi connectivity index (χ0v) is 19.5. The highest BCUT2D eigenvalue weighted by Gasteiger charge is 2.22. The maximum atomic E-state index is 13.0. The van der Waals surface area contributed by atoms with Gasteiger partial charge in [-0.25, -0.2) is 8.42 Å². The third-order valence-electron chi connectivity index (χ3n) is 5.08. The van der Waals surface area contributed by atoms with Crippen molar-refractivity contribution in [2.24, 2.45) is 0 Å². The molecule has 2 amide bonds. The molecule has 2 aromatic rings. The first-order valence-electron chi connectivity index (χ1n) is 10.1. The summed E-state index contributed by atoms with van der Waals surface area (Å²) in [5, 5.41) is 6.16. The molecule has 1 saturated heterocycles. The average molecular weight is 480 g/mol. The van der Waals surface area contributed by atoms with Crippen molar-refractivity contribution in [3.63, 3.8) is 0 Å². The predicted octanol–water partition coefficient (Wildman–Crippen LogP) is 1.37. The molecule has 3 N–H and O–H groups in total. The van der Waals surface area contributed by atoms with Crippen LogP contribution in [0.4, 0.5) is 11.4 Å². The largest absolute Gasteiger partial charge is 0.367 e. The Bertz CT molecular complexity index is 1090. The fraction of sp³-hybridized carbons (Fsp3) is 0.333. The second-order valence-electron chi connectivity index (χ2n) is 7.36. The van der Waals surface area contributed by atoms with Crippen molar-refractivity contribution >= 4 is 44.8 Å². The Hall–Kier alpha value is -2.82. The Labute approximate surface area is 192 Å². The number of nitrogens with zero attached hydrogens (tertiary/aromatic N) is 2. The first-order chi connectivity index (χ1) is 15.2. The summed E-state index contributed by atoms with van der Waals surface area (Å²) < 4.78 is 28.7. The van der Waals surface area contributed by atoms with E-state index in [1.54, 1.807) is 12.1 Å². The van der Waals surface area contributed by atoms with Crippen LogP contribution < -0.4 is 20.3 Å². The number of piperazine rings is 1. The van der Waals surface area contributed by atoms with Crippen LogP contribution in [0.3, 0.4) is 0 Å². The number of halogens is 1. The summed E-state index contributed by atoms with van der Waals surface area (Å²) in [5.74, 6) is -0.700. The molecule has 0 saturated carbocycles. The Morgan fingerprint density at radius 3 is 2.41 bits per heavy atom. The fourth-order valence-corrected chi connectivity index (χ4v) is 4.53. The van der Waals surface area contributed by atoms with Gasteiger partial charge in [-0.1, -0.05) is 11.6 Å². The van der Waals surface area contributed by atoms with Crippen LogP contribution >= 0.6 is 11.6 Å². The quantitative estimate of drug-likeness (QED) is 0.553. The Morgan fingerprint density at radius 1 is 1.12 bits per heavy atom. The van der Waals surface area contributed by atoms with E-state index in [4.69, 9.17) is 11.6 Å². The van der Waals surface area contributed by atoms with Crippen LogP contribution in [0.2, 0.25) is 5.02 Å².